The molecule has 2 aromatic heterocycles. The second kappa shape index (κ2) is 4.92. The van der Waals surface area contributed by atoms with Gasteiger partial charge in [0.2, 0.25) is 0 Å². The van der Waals surface area contributed by atoms with E-state index >= 15 is 0 Å². The molecule has 0 saturated heterocycles. The quantitative estimate of drug-likeness (QED) is 0.736. The van der Waals surface area contributed by atoms with Crippen molar-refractivity contribution in [3.05, 3.63) is 62.0 Å². The fourth-order valence-corrected chi connectivity index (χ4v) is 3.03. The molecule has 1 N–H and O–H groups in total. The maximum atomic E-state index is 13.2. The summed E-state index contributed by atoms with van der Waals surface area (Å²) in [5.74, 6) is -1.86. The zero-order valence-electron chi connectivity index (χ0n) is 10.0. The van der Waals surface area contributed by atoms with Crippen LogP contribution in [-0.2, 0) is 6.54 Å². The number of halogens is 2. The highest BCUT2D eigenvalue weighted by Gasteiger charge is 2.08. The predicted octanol–water partition coefficient (Wildman–Crippen LogP) is 3.45. The highest BCUT2D eigenvalue weighted by Crippen LogP contribution is 2.15. The molecule has 3 nitrogen and oxygen atoms in total. The molecule has 102 valence electrons. The van der Waals surface area contributed by atoms with Crippen molar-refractivity contribution in [2.45, 2.75) is 6.54 Å². The summed E-state index contributed by atoms with van der Waals surface area (Å²) in [6.07, 6.45) is 0. The normalized spacial score (nSPS) is 11.1. The molecule has 7 heteroatoms. The molecule has 2 heterocycles. The molecule has 0 spiro atoms. The highest BCUT2D eigenvalue weighted by atomic mass is 32.1. The first kappa shape index (κ1) is 13.1. The summed E-state index contributed by atoms with van der Waals surface area (Å²) in [5.41, 5.74) is 0.231. The standard InChI is InChI=1S/C13H8F2N2OS2/c14-9-2-1-7(5-10(9)15)6-17-12(18)8-3-4-20-11(8)16-13(17)19/h1-5H,6H2,(H,16,19). The Kier molecular flexibility index (Phi) is 3.23. The summed E-state index contributed by atoms with van der Waals surface area (Å²) in [5, 5.41) is 2.32. The van der Waals surface area contributed by atoms with Crippen LogP contribution < -0.4 is 5.56 Å². The van der Waals surface area contributed by atoms with Crippen LogP contribution in [0, 0.1) is 16.4 Å². The van der Waals surface area contributed by atoms with E-state index in [4.69, 9.17) is 12.2 Å². The van der Waals surface area contributed by atoms with Gasteiger partial charge in [-0.05, 0) is 41.4 Å². The van der Waals surface area contributed by atoms with Crippen molar-refractivity contribution >= 4 is 33.8 Å². The van der Waals surface area contributed by atoms with Gasteiger partial charge in [0.15, 0.2) is 16.4 Å². The Morgan fingerprint density at radius 2 is 2.05 bits per heavy atom. The van der Waals surface area contributed by atoms with Crippen LogP contribution in [0.5, 0.6) is 0 Å². The van der Waals surface area contributed by atoms with Gasteiger partial charge in [0, 0.05) is 0 Å². The van der Waals surface area contributed by atoms with Crippen LogP contribution in [0.25, 0.3) is 10.2 Å². The highest BCUT2D eigenvalue weighted by molar-refractivity contribution is 7.71. The molecule has 3 rings (SSSR count). The monoisotopic (exact) mass is 310 g/mol. The van der Waals surface area contributed by atoms with E-state index in [9.17, 15) is 13.6 Å². The van der Waals surface area contributed by atoms with E-state index in [1.54, 1.807) is 11.4 Å². The van der Waals surface area contributed by atoms with E-state index in [1.807, 2.05) is 0 Å². The van der Waals surface area contributed by atoms with Crippen molar-refractivity contribution < 1.29 is 8.78 Å². The number of rotatable bonds is 2. The van der Waals surface area contributed by atoms with Gasteiger partial charge in [0.25, 0.3) is 5.56 Å². The fourth-order valence-electron chi connectivity index (χ4n) is 1.94. The average molecular weight is 310 g/mol. The number of aromatic nitrogens is 2. The van der Waals surface area contributed by atoms with Gasteiger partial charge >= 0.3 is 0 Å². The summed E-state index contributed by atoms with van der Waals surface area (Å²) in [6.45, 7) is 0.0944. The van der Waals surface area contributed by atoms with Crippen molar-refractivity contribution in [2.24, 2.45) is 0 Å². The van der Waals surface area contributed by atoms with Gasteiger partial charge in [-0.15, -0.1) is 11.3 Å². The van der Waals surface area contributed by atoms with E-state index in [2.05, 4.69) is 4.98 Å². The molecule has 0 amide bonds. The number of H-pyrrole nitrogens is 1. The molecule has 0 atom stereocenters. The van der Waals surface area contributed by atoms with Gasteiger partial charge in [0.1, 0.15) is 4.83 Å². The molecule has 0 saturated carbocycles. The van der Waals surface area contributed by atoms with E-state index in [0.717, 1.165) is 12.1 Å². The Balaban J connectivity index is 2.12. The smallest absolute Gasteiger partial charge is 0.263 e. The largest absolute Gasteiger partial charge is 0.323 e. The summed E-state index contributed by atoms with van der Waals surface area (Å²) in [7, 11) is 0. The molecule has 0 bridgehead atoms. The van der Waals surface area contributed by atoms with Crippen molar-refractivity contribution in [1.29, 1.82) is 0 Å². The minimum Gasteiger partial charge on any atom is -0.323 e. The number of benzene rings is 1. The molecule has 3 aromatic rings. The van der Waals surface area contributed by atoms with Gasteiger partial charge in [-0.1, -0.05) is 6.07 Å². The lowest BCUT2D eigenvalue weighted by atomic mass is 10.2. The number of nitrogens with zero attached hydrogens (tertiary/aromatic N) is 1. The maximum Gasteiger partial charge on any atom is 0.263 e. The lowest BCUT2D eigenvalue weighted by Gasteiger charge is -2.07. The van der Waals surface area contributed by atoms with Crippen LogP contribution in [-0.4, -0.2) is 9.55 Å². The summed E-state index contributed by atoms with van der Waals surface area (Å²) >= 11 is 6.53. The van der Waals surface area contributed by atoms with Crippen LogP contribution in [0.4, 0.5) is 8.78 Å². The molecule has 1 aromatic carbocycles. The molecule has 0 radical (unpaired) electrons. The van der Waals surface area contributed by atoms with Crippen LogP contribution in [0.2, 0.25) is 0 Å². The first-order chi connectivity index (χ1) is 9.56. The molecule has 0 aliphatic rings. The summed E-state index contributed by atoms with van der Waals surface area (Å²) in [4.78, 5) is 15.9. The Bertz CT molecular complexity index is 911. The van der Waals surface area contributed by atoms with Crippen molar-refractivity contribution in [2.75, 3.05) is 0 Å². The third-order valence-electron chi connectivity index (χ3n) is 2.93. The second-order valence-corrected chi connectivity index (χ2v) is 5.54. The Hall–Kier alpha value is -1.86. The second-order valence-electron chi connectivity index (χ2n) is 4.23. The van der Waals surface area contributed by atoms with Gasteiger partial charge in [-0.2, -0.15) is 0 Å². The van der Waals surface area contributed by atoms with Crippen molar-refractivity contribution in [1.82, 2.24) is 9.55 Å². The van der Waals surface area contributed by atoms with Crippen LogP contribution in [0.1, 0.15) is 5.56 Å². The Labute approximate surface area is 121 Å². The first-order valence-electron chi connectivity index (χ1n) is 5.70. The maximum absolute atomic E-state index is 13.2. The van der Waals surface area contributed by atoms with Crippen molar-refractivity contribution in [3.63, 3.8) is 0 Å². The van der Waals surface area contributed by atoms with E-state index in [0.29, 0.717) is 15.8 Å². The van der Waals surface area contributed by atoms with Gasteiger partial charge in [0.05, 0.1) is 11.9 Å². The van der Waals surface area contributed by atoms with Crippen LogP contribution >= 0.6 is 23.6 Å². The molecular formula is C13H8F2N2OS2. The molecule has 0 fully saturated rings. The number of hydrogen-bond donors (Lipinski definition) is 1. The molecule has 0 unspecified atom stereocenters. The van der Waals surface area contributed by atoms with E-state index < -0.39 is 11.6 Å². The number of thiophene rings is 1. The lowest BCUT2D eigenvalue weighted by molar-refractivity contribution is 0.506. The van der Waals surface area contributed by atoms with E-state index in [-0.39, 0.29) is 16.9 Å². The number of hydrogen-bond acceptors (Lipinski definition) is 3. The van der Waals surface area contributed by atoms with Gasteiger partial charge < -0.3 is 4.98 Å². The summed E-state index contributed by atoms with van der Waals surface area (Å²) < 4.78 is 27.7. The van der Waals surface area contributed by atoms with Gasteiger partial charge in [-0.3, -0.25) is 9.36 Å². The zero-order chi connectivity index (χ0) is 14.3. The van der Waals surface area contributed by atoms with E-state index in [1.165, 1.54) is 22.0 Å². The average Bonchev–Trinajstić information content (AvgIpc) is 2.87. The first-order valence-corrected chi connectivity index (χ1v) is 6.99. The fraction of sp³-hybridized carbons (Fsp3) is 0.0769. The lowest BCUT2D eigenvalue weighted by Crippen LogP contribution is -2.22. The zero-order valence-corrected chi connectivity index (χ0v) is 11.7. The van der Waals surface area contributed by atoms with Crippen LogP contribution in [0.15, 0.2) is 34.4 Å². The number of aromatic amines is 1. The number of nitrogens with one attached hydrogen (secondary N) is 1. The third-order valence-corrected chi connectivity index (χ3v) is 4.08. The minimum atomic E-state index is -0.943. The molecule has 0 aliphatic heterocycles. The van der Waals surface area contributed by atoms with Gasteiger partial charge in [-0.25, -0.2) is 8.78 Å². The minimum absolute atomic E-state index is 0.0944. The molecule has 20 heavy (non-hydrogen) atoms. The Morgan fingerprint density at radius 3 is 2.80 bits per heavy atom. The van der Waals surface area contributed by atoms with Crippen LogP contribution in [0.3, 0.4) is 0 Å². The topological polar surface area (TPSA) is 37.8 Å². The third kappa shape index (κ3) is 2.19. The van der Waals surface area contributed by atoms with Crippen molar-refractivity contribution in [3.8, 4) is 0 Å². The number of fused-ring (bicyclic) bond motifs is 1. The molecule has 0 aliphatic carbocycles. The summed E-state index contributed by atoms with van der Waals surface area (Å²) in [6, 6.07) is 5.23. The molecular weight excluding hydrogens is 302 g/mol. The Morgan fingerprint density at radius 1 is 1.25 bits per heavy atom. The predicted molar refractivity (Wildman–Crippen MR) is 76.7 cm³/mol. The SMILES string of the molecule is O=c1c2ccsc2[nH]c(=S)n1Cc1ccc(F)c(F)c1.